The molecule has 0 aliphatic carbocycles. The van der Waals surface area contributed by atoms with Gasteiger partial charge >= 0.3 is 5.97 Å². The Bertz CT molecular complexity index is 181. The lowest BCUT2D eigenvalue weighted by atomic mass is 10.2. The summed E-state index contributed by atoms with van der Waals surface area (Å²) >= 11 is 0. The van der Waals surface area contributed by atoms with Crippen molar-refractivity contribution in [1.82, 2.24) is 4.90 Å². The molecule has 92 valence electrons. The first-order chi connectivity index (χ1) is 6.29. The van der Waals surface area contributed by atoms with Gasteiger partial charge < -0.3 is 10.5 Å². The Hall–Kier alpha value is -0.0300. The fourth-order valence-corrected chi connectivity index (χ4v) is 1.79. The van der Waals surface area contributed by atoms with Crippen LogP contribution in [0.5, 0.6) is 0 Å². The summed E-state index contributed by atoms with van der Waals surface area (Å²) < 4.78 is 4.73. The molecule has 0 saturated carbocycles. The van der Waals surface area contributed by atoms with E-state index in [0.717, 1.165) is 32.4 Å². The van der Waals surface area contributed by atoms with Gasteiger partial charge in [0.25, 0.3) is 0 Å². The van der Waals surface area contributed by atoms with E-state index >= 15 is 0 Å². The van der Waals surface area contributed by atoms with E-state index in [4.69, 9.17) is 10.5 Å². The molecule has 0 aromatic carbocycles. The van der Waals surface area contributed by atoms with Crippen LogP contribution in [0.2, 0.25) is 0 Å². The smallest absolute Gasteiger partial charge is 0.323 e. The van der Waals surface area contributed by atoms with E-state index in [1.807, 2.05) is 0 Å². The number of halogens is 2. The maximum absolute atomic E-state index is 11.3. The Morgan fingerprint density at radius 1 is 1.53 bits per heavy atom. The number of nitrogens with zero attached hydrogens (tertiary/aromatic N) is 1. The van der Waals surface area contributed by atoms with Crippen LogP contribution in [-0.4, -0.2) is 43.7 Å². The zero-order valence-electron chi connectivity index (χ0n) is 8.98. The van der Waals surface area contributed by atoms with Crippen molar-refractivity contribution in [2.45, 2.75) is 25.3 Å². The first kappa shape index (κ1) is 17.4. The van der Waals surface area contributed by atoms with Gasteiger partial charge in [0.2, 0.25) is 0 Å². The maximum Gasteiger partial charge on any atom is 0.323 e. The molecule has 0 aromatic heterocycles. The van der Waals surface area contributed by atoms with Crippen molar-refractivity contribution in [1.29, 1.82) is 0 Å². The highest BCUT2D eigenvalue weighted by molar-refractivity contribution is 5.85. The van der Waals surface area contributed by atoms with Crippen molar-refractivity contribution in [3.8, 4) is 0 Å². The highest BCUT2D eigenvalue weighted by Gasteiger charge is 2.30. The van der Waals surface area contributed by atoms with Crippen molar-refractivity contribution in [2.24, 2.45) is 5.73 Å². The monoisotopic (exact) mass is 258 g/mol. The first-order valence-electron chi connectivity index (χ1n) is 4.81. The fourth-order valence-electron chi connectivity index (χ4n) is 1.79. The van der Waals surface area contributed by atoms with Gasteiger partial charge in [-0.15, -0.1) is 24.8 Å². The number of rotatable bonds is 4. The van der Waals surface area contributed by atoms with Gasteiger partial charge in [-0.25, -0.2) is 0 Å². The Balaban J connectivity index is 0. The number of hydrogen-bond donors (Lipinski definition) is 1. The van der Waals surface area contributed by atoms with Crippen molar-refractivity contribution in [2.75, 3.05) is 26.7 Å². The summed E-state index contributed by atoms with van der Waals surface area (Å²) in [7, 11) is 1.45. The van der Waals surface area contributed by atoms with Crippen LogP contribution in [-0.2, 0) is 9.53 Å². The van der Waals surface area contributed by atoms with E-state index in [-0.39, 0.29) is 36.8 Å². The molecule has 0 aromatic rings. The molecule has 1 atom stereocenters. The number of hydrogen-bond acceptors (Lipinski definition) is 4. The average Bonchev–Trinajstić information content (AvgIpc) is 2.61. The molecule has 0 bridgehead atoms. The van der Waals surface area contributed by atoms with E-state index in [1.54, 1.807) is 0 Å². The summed E-state index contributed by atoms with van der Waals surface area (Å²) in [5, 5.41) is 0. The molecule has 0 unspecified atom stereocenters. The van der Waals surface area contributed by atoms with Crippen LogP contribution in [0.25, 0.3) is 0 Å². The van der Waals surface area contributed by atoms with Crippen LogP contribution in [0.4, 0.5) is 0 Å². The number of esters is 1. The van der Waals surface area contributed by atoms with Crippen LogP contribution in [0.1, 0.15) is 19.3 Å². The fraction of sp³-hybridized carbons (Fsp3) is 0.889. The Labute approximate surface area is 103 Å². The first-order valence-corrected chi connectivity index (χ1v) is 4.81. The van der Waals surface area contributed by atoms with Gasteiger partial charge in [-0.05, 0) is 32.4 Å². The quantitative estimate of drug-likeness (QED) is 0.759. The second kappa shape index (κ2) is 9.21. The number of methoxy groups -OCH3 is 1. The third kappa shape index (κ3) is 5.02. The lowest BCUT2D eigenvalue weighted by Gasteiger charge is -2.21. The minimum atomic E-state index is -0.102. The van der Waals surface area contributed by atoms with Crippen LogP contribution in [0.15, 0.2) is 0 Å². The van der Waals surface area contributed by atoms with Crippen LogP contribution in [0.3, 0.4) is 0 Å². The molecule has 1 aliphatic rings. The molecule has 1 rings (SSSR count). The van der Waals surface area contributed by atoms with Crippen molar-refractivity contribution in [3.63, 3.8) is 0 Å². The second-order valence-corrected chi connectivity index (χ2v) is 3.36. The predicted octanol–water partition coefficient (Wildman–Crippen LogP) is 0.816. The summed E-state index contributed by atoms with van der Waals surface area (Å²) in [6, 6.07) is -0.0171. The van der Waals surface area contributed by atoms with Crippen molar-refractivity contribution >= 4 is 30.8 Å². The van der Waals surface area contributed by atoms with E-state index in [9.17, 15) is 4.79 Å². The summed E-state index contributed by atoms with van der Waals surface area (Å²) in [6.45, 7) is 2.60. The minimum absolute atomic E-state index is 0. The van der Waals surface area contributed by atoms with Gasteiger partial charge in [0.05, 0.1) is 7.11 Å². The summed E-state index contributed by atoms with van der Waals surface area (Å²) in [5.41, 5.74) is 5.42. The third-order valence-electron chi connectivity index (χ3n) is 2.49. The molecule has 0 spiro atoms. The van der Waals surface area contributed by atoms with Crippen LogP contribution in [0, 0.1) is 0 Å². The summed E-state index contributed by atoms with van der Waals surface area (Å²) in [4.78, 5) is 13.5. The van der Waals surface area contributed by atoms with Gasteiger partial charge in [-0.1, -0.05) is 0 Å². The van der Waals surface area contributed by atoms with Gasteiger partial charge in [-0.3, -0.25) is 9.69 Å². The maximum atomic E-state index is 11.3. The summed E-state index contributed by atoms with van der Waals surface area (Å²) in [6.07, 6.45) is 2.97. The standard InChI is InChI=1S/C9H18N2O2.2ClH/c1-13-9(12)8-4-2-6-11(8)7-3-5-10;;/h8H,2-7,10H2,1H3;2*1H/t8-;;/m0../s1. The predicted molar refractivity (Wildman–Crippen MR) is 64.8 cm³/mol. The van der Waals surface area contributed by atoms with Gasteiger partial charge in [0.1, 0.15) is 6.04 Å². The highest BCUT2D eigenvalue weighted by atomic mass is 35.5. The zero-order valence-corrected chi connectivity index (χ0v) is 10.6. The number of nitrogens with two attached hydrogens (primary N) is 1. The molecule has 6 heteroatoms. The van der Waals surface area contributed by atoms with Gasteiger partial charge in [0.15, 0.2) is 0 Å². The van der Waals surface area contributed by atoms with E-state index in [2.05, 4.69) is 4.90 Å². The lowest BCUT2D eigenvalue weighted by molar-refractivity contribution is -0.145. The second-order valence-electron chi connectivity index (χ2n) is 3.36. The topological polar surface area (TPSA) is 55.6 Å². The number of ether oxygens (including phenoxy) is 1. The van der Waals surface area contributed by atoms with E-state index in [0.29, 0.717) is 6.54 Å². The average molecular weight is 259 g/mol. The molecule has 4 nitrogen and oxygen atoms in total. The highest BCUT2D eigenvalue weighted by Crippen LogP contribution is 2.17. The van der Waals surface area contributed by atoms with E-state index in [1.165, 1.54) is 7.11 Å². The Morgan fingerprint density at radius 3 is 2.73 bits per heavy atom. The minimum Gasteiger partial charge on any atom is -0.468 e. The normalized spacial score (nSPS) is 20.3. The Morgan fingerprint density at radius 2 is 2.20 bits per heavy atom. The molecule has 1 aliphatic heterocycles. The molecule has 0 radical (unpaired) electrons. The molecular formula is C9H20Cl2N2O2. The van der Waals surface area contributed by atoms with E-state index < -0.39 is 0 Å². The number of carbonyl (C=O) groups excluding carboxylic acids is 1. The molecule has 2 N–H and O–H groups in total. The SMILES string of the molecule is COC(=O)[C@@H]1CCCN1CCCN.Cl.Cl. The molecule has 1 saturated heterocycles. The summed E-state index contributed by atoms with van der Waals surface area (Å²) in [5.74, 6) is -0.102. The molecular weight excluding hydrogens is 239 g/mol. The third-order valence-corrected chi connectivity index (χ3v) is 2.49. The number of carbonyl (C=O) groups is 1. The van der Waals surface area contributed by atoms with Gasteiger partial charge in [0, 0.05) is 6.54 Å². The van der Waals surface area contributed by atoms with Crippen LogP contribution < -0.4 is 5.73 Å². The molecule has 1 heterocycles. The molecule has 1 fully saturated rings. The zero-order chi connectivity index (χ0) is 9.68. The molecule has 15 heavy (non-hydrogen) atoms. The van der Waals surface area contributed by atoms with Gasteiger partial charge in [-0.2, -0.15) is 0 Å². The largest absolute Gasteiger partial charge is 0.468 e. The Kier molecular flexibility index (Phi) is 10.7. The van der Waals surface area contributed by atoms with Crippen molar-refractivity contribution in [3.05, 3.63) is 0 Å². The lowest BCUT2D eigenvalue weighted by Crippen LogP contribution is -2.37. The molecule has 0 amide bonds. The van der Waals surface area contributed by atoms with Crippen LogP contribution >= 0.6 is 24.8 Å². The van der Waals surface area contributed by atoms with Crippen molar-refractivity contribution < 1.29 is 9.53 Å². The number of likely N-dealkylation sites (tertiary alicyclic amines) is 1.